The second kappa shape index (κ2) is 6.86. The maximum atomic E-state index is 12.0. The number of carbonyl (C=O) groups is 1. The van der Waals surface area contributed by atoms with Gasteiger partial charge < -0.3 is 4.74 Å². The standard InChI is InChI=1S/C14H9ClINO4/c15-12-6-5-11(17(19)20)7-14(12)21-8-13(18)9-1-3-10(16)4-2-9/h1-7H,8H2. The smallest absolute Gasteiger partial charge is 0.273 e. The first-order valence-electron chi connectivity index (χ1n) is 5.83. The summed E-state index contributed by atoms with van der Waals surface area (Å²) in [6.45, 7) is -0.235. The Balaban J connectivity index is 2.09. The number of nitro groups is 1. The van der Waals surface area contributed by atoms with Gasteiger partial charge >= 0.3 is 0 Å². The number of carbonyl (C=O) groups excluding carboxylic acids is 1. The molecule has 0 aromatic heterocycles. The van der Waals surface area contributed by atoms with Gasteiger partial charge in [0.1, 0.15) is 5.75 Å². The van der Waals surface area contributed by atoms with E-state index in [1.165, 1.54) is 18.2 Å². The highest BCUT2D eigenvalue weighted by Gasteiger charge is 2.13. The van der Waals surface area contributed by atoms with Crippen molar-refractivity contribution in [3.8, 4) is 5.75 Å². The maximum Gasteiger partial charge on any atom is 0.273 e. The highest BCUT2D eigenvalue weighted by atomic mass is 127. The van der Waals surface area contributed by atoms with Crippen LogP contribution in [0.5, 0.6) is 5.75 Å². The molecule has 0 fully saturated rings. The van der Waals surface area contributed by atoms with Gasteiger partial charge in [0, 0.05) is 15.2 Å². The normalized spacial score (nSPS) is 10.2. The number of nitrogens with zero attached hydrogens (tertiary/aromatic N) is 1. The number of benzene rings is 2. The third kappa shape index (κ3) is 4.15. The van der Waals surface area contributed by atoms with E-state index in [1.807, 2.05) is 12.1 Å². The van der Waals surface area contributed by atoms with E-state index in [-0.39, 0.29) is 28.8 Å². The van der Waals surface area contributed by atoms with E-state index in [2.05, 4.69) is 22.6 Å². The SMILES string of the molecule is O=C(COc1cc([N+](=O)[O-])ccc1Cl)c1ccc(I)cc1. The van der Waals surface area contributed by atoms with E-state index < -0.39 is 4.92 Å². The van der Waals surface area contributed by atoms with Crippen molar-refractivity contribution in [2.75, 3.05) is 6.61 Å². The fourth-order valence-corrected chi connectivity index (χ4v) is 2.11. The summed E-state index contributed by atoms with van der Waals surface area (Å²) in [7, 11) is 0. The number of rotatable bonds is 5. The van der Waals surface area contributed by atoms with Crippen molar-refractivity contribution in [2.24, 2.45) is 0 Å². The molecule has 0 N–H and O–H groups in total. The third-order valence-electron chi connectivity index (χ3n) is 2.65. The minimum Gasteiger partial charge on any atom is -0.484 e. The Morgan fingerprint density at radius 1 is 1.24 bits per heavy atom. The van der Waals surface area contributed by atoms with Crippen LogP contribution in [0, 0.1) is 13.7 Å². The molecule has 0 bridgehead atoms. The van der Waals surface area contributed by atoms with Gasteiger partial charge in [-0.25, -0.2) is 0 Å². The molecule has 0 aliphatic rings. The molecule has 0 unspecified atom stereocenters. The zero-order valence-electron chi connectivity index (χ0n) is 10.6. The summed E-state index contributed by atoms with van der Waals surface area (Å²) in [6.07, 6.45) is 0. The number of ether oxygens (including phenoxy) is 1. The maximum absolute atomic E-state index is 12.0. The van der Waals surface area contributed by atoms with Crippen LogP contribution >= 0.6 is 34.2 Å². The number of hydrogen-bond acceptors (Lipinski definition) is 4. The first kappa shape index (κ1) is 15.7. The molecular weight excluding hydrogens is 409 g/mol. The predicted molar refractivity (Wildman–Crippen MR) is 87.1 cm³/mol. The summed E-state index contributed by atoms with van der Waals surface area (Å²) in [5.74, 6) is -0.112. The number of halogens is 2. The molecule has 0 saturated carbocycles. The van der Waals surface area contributed by atoms with Gasteiger partial charge in [-0.05, 0) is 40.8 Å². The lowest BCUT2D eigenvalue weighted by atomic mass is 10.1. The number of nitro benzene ring substituents is 1. The van der Waals surface area contributed by atoms with Gasteiger partial charge in [0.2, 0.25) is 0 Å². The zero-order valence-corrected chi connectivity index (χ0v) is 13.5. The lowest BCUT2D eigenvalue weighted by Crippen LogP contribution is -2.11. The summed E-state index contributed by atoms with van der Waals surface area (Å²) in [5.41, 5.74) is 0.369. The van der Waals surface area contributed by atoms with E-state index in [0.717, 1.165) is 3.57 Å². The zero-order chi connectivity index (χ0) is 15.4. The second-order valence-corrected chi connectivity index (χ2v) is 5.74. The number of ketones is 1. The molecule has 108 valence electrons. The average Bonchev–Trinajstić information content (AvgIpc) is 2.46. The van der Waals surface area contributed by atoms with Crippen molar-refractivity contribution in [2.45, 2.75) is 0 Å². The molecule has 0 aliphatic carbocycles. The lowest BCUT2D eigenvalue weighted by Gasteiger charge is -2.07. The predicted octanol–water partition coefficient (Wildman–Crippen LogP) is 4.11. The molecule has 2 aromatic rings. The molecule has 0 saturated heterocycles. The van der Waals surface area contributed by atoms with Gasteiger partial charge in [-0.2, -0.15) is 0 Å². The van der Waals surface area contributed by atoms with Crippen molar-refractivity contribution < 1.29 is 14.5 Å². The Kier molecular flexibility index (Phi) is 5.13. The molecule has 0 radical (unpaired) electrons. The van der Waals surface area contributed by atoms with Crippen LogP contribution in [0.15, 0.2) is 42.5 Å². The Morgan fingerprint density at radius 2 is 1.90 bits per heavy atom. The fourth-order valence-electron chi connectivity index (χ4n) is 1.58. The highest BCUT2D eigenvalue weighted by molar-refractivity contribution is 14.1. The van der Waals surface area contributed by atoms with Crippen molar-refractivity contribution in [1.29, 1.82) is 0 Å². The second-order valence-electron chi connectivity index (χ2n) is 4.09. The Morgan fingerprint density at radius 3 is 2.52 bits per heavy atom. The van der Waals surface area contributed by atoms with E-state index in [9.17, 15) is 14.9 Å². The third-order valence-corrected chi connectivity index (χ3v) is 3.68. The van der Waals surface area contributed by atoms with Crippen LogP contribution in [0.2, 0.25) is 5.02 Å². The summed E-state index contributed by atoms with van der Waals surface area (Å²) >= 11 is 8.03. The van der Waals surface area contributed by atoms with Crippen molar-refractivity contribution in [3.63, 3.8) is 0 Å². The molecule has 7 heteroatoms. The Hall–Kier alpha value is -1.67. The number of hydrogen-bond donors (Lipinski definition) is 0. The largest absolute Gasteiger partial charge is 0.484 e. The monoisotopic (exact) mass is 417 g/mol. The van der Waals surface area contributed by atoms with Crippen LogP contribution in [0.25, 0.3) is 0 Å². The molecule has 0 heterocycles. The molecule has 2 rings (SSSR count). The van der Waals surface area contributed by atoms with Crippen LogP contribution in [-0.4, -0.2) is 17.3 Å². The van der Waals surface area contributed by atoms with Gasteiger partial charge in [-0.3, -0.25) is 14.9 Å². The molecule has 0 atom stereocenters. The first-order chi connectivity index (χ1) is 9.97. The van der Waals surface area contributed by atoms with Crippen molar-refractivity contribution in [1.82, 2.24) is 0 Å². The van der Waals surface area contributed by atoms with E-state index in [1.54, 1.807) is 12.1 Å². The fraction of sp³-hybridized carbons (Fsp3) is 0.0714. The van der Waals surface area contributed by atoms with Crippen LogP contribution in [0.1, 0.15) is 10.4 Å². The lowest BCUT2D eigenvalue weighted by molar-refractivity contribution is -0.384. The molecular formula is C14H9ClINO4. The molecule has 5 nitrogen and oxygen atoms in total. The minimum absolute atomic E-state index is 0.115. The van der Waals surface area contributed by atoms with Gasteiger partial charge in [0.15, 0.2) is 12.4 Å². The molecule has 0 amide bonds. The van der Waals surface area contributed by atoms with Gasteiger partial charge in [0.25, 0.3) is 5.69 Å². The topological polar surface area (TPSA) is 69.4 Å². The average molecular weight is 418 g/mol. The quantitative estimate of drug-likeness (QED) is 0.318. The van der Waals surface area contributed by atoms with Crippen LogP contribution in [0.4, 0.5) is 5.69 Å². The van der Waals surface area contributed by atoms with E-state index in [4.69, 9.17) is 16.3 Å². The molecule has 21 heavy (non-hydrogen) atoms. The summed E-state index contributed by atoms with van der Waals surface area (Å²) in [4.78, 5) is 22.1. The number of Topliss-reactive ketones (excluding diaryl/α,β-unsaturated/α-hetero) is 1. The Bertz CT molecular complexity index is 688. The van der Waals surface area contributed by atoms with Gasteiger partial charge in [0.05, 0.1) is 16.0 Å². The Labute approximate surface area is 139 Å². The van der Waals surface area contributed by atoms with Crippen molar-refractivity contribution in [3.05, 3.63) is 66.7 Å². The van der Waals surface area contributed by atoms with Gasteiger partial charge in [-0.15, -0.1) is 0 Å². The summed E-state index contributed by atoms with van der Waals surface area (Å²) < 4.78 is 6.31. The summed E-state index contributed by atoms with van der Waals surface area (Å²) in [5, 5.41) is 10.9. The number of non-ortho nitro benzene ring substituents is 1. The van der Waals surface area contributed by atoms with Crippen LogP contribution < -0.4 is 4.74 Å². The minimum atomic E-state index is -0.551. The highest BCUT2D eigenvalue weighted by Crippen LogP contribution is 2.28. The first-order valence-corrected chi connectivity index (χ1v) is 7.28. The van der Waals surface area contributed by atoms with Gasteiger partial charge in [-0.1, -0.05) is 23.7 Å². The van der Waals surface area contributed by atoms with Crippen molar-refractivity contribution >= 4 is 45.7 Å². The molecule has 0 spiro atoms. The van der Waals surface area contributed by atoms with Crippen LogP contribution in [-0.2, 0) is 0 Å². The summed E-state index contributed by atoms with van der Waals surface area (Å²) in [6, 6.07) is 10.9. The van der Waals surface area contributed by atoms with E-state index >= 15 is 0 Å². The van der Waals surface area contributed by atoms with E-state index in [0.29, 0.717) is 5.56 Å². The molecule has 0 aliphatic heterocycles. The van der Waals surface area contributed by atoms with Crippen LogP contribution in [0.3, 0.4) is 0 Å². The molecule has 2 aromatic carbocycles.